The van der Waals surface area contributed by atoms with Gasteiger partial charge in [0, 0.05) is 24.9 Å². The van der Waals surface area contributed by atoms with Gasteiger partial charge in [0.05, 0.1) is 5.69 Å². The van der Waals surface area contributed by atoms with Crippen molar-refractivity contribution in [3.8, 4) is 0 Å². The number of hydrogen-bond donors (Lipinski definition) is 1. The van der Waals surface area contributed by atoms with Crippen LogP contribution in [0.5, 0.6) is 0 Å². The highest BCUT2D eigenvalue weighted by Gasteiger charge is 2.13. The Kier molecular flexibility index (Phi) is 3.20. The molecular formula is C15H12F2N2O. The molecule has 20 heavy (non-hydrogen) atoms. The van der Waals surface area contributed by atoms with E-state index in [2.05, 4.69) is 4.98 Å². The van der Waals surface area contributed by atoms with E-state index in [9.17, 15) is 13.9 Å². The van der Waals surface area contributed by atoms with E-state index in [-0.39, 0.29) is 6.42 Å². The number of hydrogen-bond acceptors (Lipinski definition) is 2. The van der Waals surface area contributed by atoms with E-state index in [1.807, 2.05) is 24.4 Å². The topological polar surface area (TPSA) is 37.5 Å². The number of pyridine rings is 1. The molecule has 3 aromatic rings. The minimum absolute atomic E-state index is 0.110. The van der Waals surface area contributed by atoms with E-state index in [0.717, 1.165) is 6.07 Å². The molecule has 0 spiro atoms. The molecule has 0 fully saturated rings. The number of fused-ring (bicyclic) bond motifs is 1. The molecule has 5 heteroatoms. The first-order valence-corrected chi connectivity index (χ1v) is 6.18. The predicted octanol–water partition coefficient (Wildman–Crippen LogP) is 2.89. The van der Waals surface area contributed by atoms with Crippen LogP contribution in [0.25, 0.3) is 5.65 Å². The van der Waals surface area contributed by atoms with E-state index < -0.39 is 17.7 Å². The van der Waals surface area contributed by atoms with Crippen molar-refractivity contribution in [3.63, 3.8) is 0 Å². The van der Waals surface area contributed by atoms with Gasteiger partial charge in [-0.15, -0.1) is 0 Å². The summed E-state index contributed by atoms with van der Waals surface area (Å²) in [4.78, 5) is 4.28. The predicted molar refractivity (Wildman–Crippen MR) is 70.2 cm³/mol. The zero-order chi connectivity index (χ0) is 14.1. The average molecular weight is 274 g/mol. The maximum absolute atomic E-state index is 13.1. The average Bonchev–Trinajstić information content (AvgIpc) is 2.81. The normalized spacial score (nSPS) is 12.8. The second kappa shape index (κ2) is 5.02. The molecule has 0 radical (unpaired) electrons. The first kappa shape index (κ1) is 12.7. The highest BCUT2D eigenvalue weighted by atomic mass is 19.1. The summed E-state index contributed by atoms with van der Waals surface area (Å²) >= 11 is 0. The lowest BCUT2D eigenvalue weighted by atomic mass is 10.1. The van der Waals surface area contributed by atoms with Crippen LogP contribution in [-0.4, -0.2) is 14.5 Å². The van der Waals surface area contributed by atoms with Crippen LogP contribution in [0.2, 0.25) is 0 Å². The van der Waals surface area contributed by atoms with E-state index in [4.69, 9.17) is 0 Å². The molecule has 0 aliphatic heterocycles. The number of halogens is 2. The number of aliphatic hydroxyl groups is 1. The third-order valence-electron chi connectivity index (χ3n) is 3.08. The van der Waals surface area contributed by atoms with Gasteiger partial charge in [-0.2, -0.15) is 0 Å². The third kappa shape index (κ3) is 2.53. The van der Waals surface area contributed by atoms with Gasteiger partial charge in [0.25, 0.3) is 0 Å². The molecule has 3 nitrogen and oxygen atoms in total. The van der Waals surface area contributed by atoms with Gasteiger partial charge < -0.3 is 9.51 Å². The Hall–Kier alpha value is -2.27. The van der Waals surface area contributed by atoms with Gasteiger partial charge in [0.1, 0.15) is 23.4 Å². The Labute approximate surface area is 114 Å². The summed E-state index contributed by atoms with van der Waals surface area (Å²) < 4.78 is 28.0. The molecule has 1 N–H and O–H groups in total. The smallest absolute Gasteiger partial charge is 0.137 e. The number of benzene rings is 1. The van der Waals surface area contributed by atoms with Crippen molar-refractivity contribution >= 4 is 5.65 Å². The standard InChI is InChI=1S/C15H12F2N2O/c16-11-5-10(6-12(17)8-11)7-14(20)13-9-19-4-2-1-3-15(19)18-13/h1-6,8-9,14,20H,7H2. The number of nitrogens with zero attached hydrogens (tertiary/aromatic N) is 2. The summed E-state index contributed by atoms with van der Waals surface area (Å²) in [5.74, 6) is -1.30. The van der Waals surface area contributed by atoms with Crippen LogP contribution in [0.4, 0.5) is 8.78 Å². The second-order valence-electron chi connectivity index (χ2n) is 4.63. The van der Waals surface area contributed by atoms with Crippen molar-refractivity contribution in [2.45, 2.75) is 12.5 Å². The van der Waals surface area contributed by atoms with E-state index in [0.29, 0.717) is 16.9 Å². The summed E-state index contributed by atoms with van der Waals surface area (Å²) in [5, 5.41) is 10.1. The maximum atomic E-state index is 13.1. The monoisotopic (exact) mass is 274 g/mol. The molecule has 2 heterocycles. The molecule has 3 rings (SSSR count). The third-order valence-corrected chi connectivity index (χ3v) is 3.08. The van der Waals surface area contributed by atoms with Gasteiger partial charge in [-0.25, -0.2) is 13.8 Å². The molecular weight excluding hydrogens is 262 g/mol. The van der Waals surface area contributed by atoms with Crippen molar-refractivity contribution in [3.05, 3.63) is 71.7 Å². The molecule has 0 aliphatic carbocycles. The Morgan fingerprint density at radius 1 is 1.15 bits per heavy atom. The molecule has 1 unspecified atom stereocenters. The van der Waals surface area contributed by atoms with Crippen molar-refractivity contribution in [1.82, 2.24) is 9.38 Å². The molecule has 1 atom stereocenters. The summed E-state index contributed by atoms with van der Waals surface area (Å²) in [7, 11) is 0. The van der Waals surface area contributed by atoms with Gasteiger partial charge in [-0.3, -0.25) is 0 Å². The summed E-state index contributed by atoms with van der Waals surface area (Å²) in [6.07, 6.45) is 2.73. The van der Waals surface area contributed by atoms with E-state index >= 15 is 0 Å². The minimum atomic E-state index is -0.906. The van der Waals surface area contributed by atoms with E-state index in [1.165, 1.54) is 12.1 Å². The van der Waals surface area contributed by atoms with E-state index in [1.54, 1.807) is 10.6 Å². The molecule has 0 bridgehead atoms. The number of aliphatic hydroxyl groups excluding tert-OH is 1. The molecule has 0 amide bonds. The van der Waals surface area contributed by atoms with Crippen molar-refractivity contribution < 1.29 is 13.9 Å². The van der Waals surface area contributed by atoms with Crippen LogP contribution >= 0.6 is 0 Å². The van der Waals surface area contributed by atoms with Gasteiger partial charge >= 0.3 is 0 Å². The highest BCUT2D eigenvalue weighted by Crippen LogP contribution is 2.19. The van der Waals surface area contributed by atoms with Crippen LogP contribution in [0.1, 0.15) is 17.4 Å². The fourth-order valence-electron chi connectivity index (χ4n) is 2.17. The molecule has 0 saturated heterocycles. The molecule has 0 aliphatic rings. The summed E-state index contributed by atoms with van der Waals surface area (Å²) in [5.41, 5.74) is 1.58. The Morgan fingerprint density at radius 3 is 2.60 bits per heavy atom. The van der Waals surface area contributed by atoms with Gasteiger partial charge in [0.2, 0.25) is 0 Å². The quantitative estimate of drug-likeness (QED) is 0.797. The van der Waals surface area contributed by atoms with Crippen LogP contribution in [-0.2, 0) is 6.42 Å². The second-order valence-corrected chi connectivity index (χ2v) is 4.63. The van der Waals surface area contributed by atoms with Crippen molar-refractivity contribution in [2.24, 2.45) is 0 Å². The first-order valence-electron chi connectivity index (χ1n) is 6.18. The highest BCUT2D eigenvalue weighted by molar-refractivity contribution is 5.40. The number of imidazole rings is 1. The lowest BCUT2D eigenvalue weighted by Gasteiger charge is -2.08. The Bertz CT molecular complexity index is 701. The largest absolute Gasteiger partial charge is 0.386 e. The lowest BCUT2D eigenvalue weighted by molar-refractivity contribution is 0.174. The van der Waals surface area contributed by atoms with Crippen molar-refractivity contribution in [1.29, 1.82) is 0 Å². The molecule has 2 aromatic heterocycles. The molecule has 1 aromatic carbocycles. The van der Waals surface area contributed by atoms with Crippen LogP contribution in [0, 0.1) is 11.6 Å². The minimum Gasteiger partial charge on any atom is -0.386 e. The zero-order valence-corrected chi connectivity index (χ0v) is 10.5. The SMILES string of the molecule is OC(Cc1cc(F)cc(F)c1)c1cn2ccccc2n1. The van der Waals surface area contributed by atoms with Gasteiger partial charge in [-0.1, -0.05) is 6.07 Å². The maximum Gasteiger partial charge on any atom is 0.137 e. The summed E-state index contributed by atoms with van der Waals surface area (Å²) in [6, 6.07) is 8.75. The van der Waals surface area contributed by atoms with Crippen LogP contribution < -0.4 is 0 Å². The summed E-state index contributed by atoms with van der Waals surface area (Å²) in [6.45, 7) is 0. The van der Waals surface area contributed by atoms with Crippen LogP contribution in [0.3, 0.4) is 0 Å². The van der Waals surface area contributed by atoms with Crippen molar-refractivity contribution in [2.75, 3.05) is 0 Å². The first-order chi connectivity index (χ1) is 9.61. The van der Waals surface area contributed by atoms with Crippen LogP contribution in [0.15, 0.2) is 48.8 Å². The Balaban J connectivity index is 1.86. The number of aromatic nitrogens is 2. The zero-order valence-electron chi connectivity index (χ0n) is 10.5. The fraction of sp³-hybridized carbons (Fsp3) is 0.133. The van der Waals surface area contributed by atoms with Gasteiger partial charge in [0.15, 0.2) is 0 Å². The fourth-order valence-corrected chi connectivity index (χ4v) is 2.17. The van der Waals surface area contributed by atoms with Gasteiger partial charge in [-0.05, 0) is 29.8 Å². The Morgan fingerprint density at radius 2 is 1.90 bits per heavy atom. The lowest BCUT2D eigenvalue weighted by Crippen LogP contribution is -2.03. The molecule has 0 saturated carbocycles. The number of rotatable bonds is 3. The molecule has 102 valence electrons.